The van der Waals surface area contributed by atoms with E-state index in [9.17, 15) is 9.90 Å². The molecule has 0 aromatic carbocycles. The topological polar surface area (TPSA) is 91.9 Å². The summed E-state index contributed by atoms with van der Waals surface area (Å²) in [5.74, 6) is 2.13. The zero-order valence-corrected chi connectivity index (χ0v) is 15.8. The van der Waals surface area contributed by atoms with Crippen molar-refractivity contribution in [3.63, 3.8) is 0 Å². The number of anilines is 1. The van der Waals surface area contributed by atoms with Crippen molar-refractivity contribution >= 4 is 11.9 Å². The summed E-state index contributed by atoms with van der Waals surface area (Å²) in [7, 11) is 0. The minimum Gasteiger partial charge on any atom is -0.396 e. The number of morpholine rings is 1. The van der Waals surface area contributed by atoms with Gasteiger partial charge < -0.3 is 24.2 Å². The molecule has 148 valence electrons. The fourth-order valence-corrected chi connectivity index (χ4v) is 5.78. The summed E-state index contributed by atoms with van der Waals surface area (Å²) in [6.45, 7) is 4.43. The molecule has 4 aliphatic rings. The number of aliphatic hydroxyl groups is 1. The second-order valence-corrected chi connectivity index (χ2v) is 8.80. The van der Waals surface area contributed by atoms with Crippen molar-refractivity contribution in [1.29, 1.82) is 0 Å². The number of carbonyl (C=O) groups excluding carboxylic acids is 1. The zero-order chi connectivity index (χ0) is 18.6. The Morgan fingerprint density at radius 2 is 2.11 bits per heavy atom. The molecule has 1 spiro atoms. The number of likely N-dealkylation sites (tertiary alicyclic amines) is 1. The first-order valence-electron chi connectivity index (χ1n) is 10.2. The minimum atomic E-state index is -0.434. The SMILES string of the molecule is Cc1nc(N2C[C@@H]3[C@H](CO)[C@H]4CN(C(=O)CC5CCCC5)C[C@]3(C2)O4)no1. The molecule has 1 aromatic heterocycles. The van der Waals surface area contributed by atoms with Crippen molar-refractivity contribution in [2.24, 2.45) is 17.8 Å². The molecule has 0 unspecified atom stereocenters. The van der Waals surface area contributed by atoms with Gasteiger partial charge in [0.1, 0.15) is 5.60 Å². The number of nitrogens with zero attached hydrogens (tertiary/aromatic N) is 4. The summed E-state index contributed by atoms with van der Waals surface area (Å²) in [6.07, 6.45) is 5.44. The Kier molecular flexibility index (Phi) is 4.16. The van der Waals surface area contributed by atoms with E-state index in [1.807, 2.05) is 4.90 Å². The van der Waals surface area contributed by atoms with Crippen molar-refractivity contribution in [3.05, 3.63) is 5.89 Å². The largest absolute Gasteiger partial charge is 0.396 e. The summed E-state index contributed by atoms with van der Waals surface area (Å²) >= 11 is 0. The molecule has 1 aromatic rings. The lowest BCUT2D eigenvalue weighted by atomic mass is 9.83. The second-order valence-electron chi connectivity index (χ2n) is 8.80. The van der Waals surface area contributed by atoms with E-state index in [2.05, 4.69) is 15.0 Å². The Bertz CT molecular complexity index is 718. The summed E-state index contributed by atoms with van der Waals surface area (Å²) in [5, 5.41) is 14.1. The second kappa shape index (κ2) is 6.44. The first-order valence-corrected chi connectivity index (χ1v) is 10.2. The van der Waals surface area contributed by atoms with Crippen molar-refractivity contribution in [3.8, 4) is 0 Å². The van der Waals surface area contributed by atoms with Crippen LogP contribution in [0.1, 0.15) is 38.0 Å². The van der Waals surface area contributed by atoms with Gasteiger partial charge in [-0.3, -0.25) is 4.79 Å². The van der Waals surface area contributed by atoms with Gasteiger partial charge in [-0.05, 0) is 23.9 Å². The molecule has 8 heteroatoms. The Hall–Kier alpha value is -1.67. The van der Waals surface area contributed by atoms with Gasteiger partial charge in [-0.15, -0.1) is 0 Å². The first-order chi connectivity index (χ1) is 13.1. The van der Waals surface area contributed by atoms with Crippen LogP contribution in [0.3, 0.4) is 0 Å². The van der Waals surface area contributed by atoms with E-state index >= 15 is 0 Å². The Morgan fingerprint density at radius 3 is 2.81 bits per heavy atom. The van der Waals surface area contributed by atoms with Crippen molar-refractivity contribution in [2.75, 3.05) is 37.7 Å². The summed E-state index contributed by atoms with van der Waals surface area (Å²) in [5.41, 5.74) is -0.434. The Balaban J connectivity index is 1.35. The fraction of sp³-hybridized carbons (Fsp3) is 0.842. The van der Waals surface area contributed by atoms with Crippen LogP contribution in [0.4, 0.5) is 5.95 Å². The maximum atomic E-state index is 13.0. The normalized spacial score (nSPS) is 35.9. The highest BCUT2D eigenvalue weighted by atomic mass is 16.5. The number of aryl methyl sites for hydroxylation is 1. The highest BCUT2D eigenvalue weighted by Crippen LogP contribution is 2.49. The van der Waals surface area contributed by atoms with Gasteiger partial charge in [-0.1, -0.05) is 12.8 Å². The smallest absolute Gasteiger partial charge is 0.266 e. The molecule has 3 saturated heterocycles. The number of aliphatic hydroxyl groups excluding tert-OH is 1. The van der Waals surface area contributed by atoms with Crippen LogP contribution in [0.25, 0.3) is 0 Å². The number of ether oxygens (including phenoxy) is 1. The predicted molar refractivity (Wildman–Crippen MR) is 96.1 cm³/mol. The molecule has 2 bridgehead atoms. The maximum Gasteiger partial charge on any atom is 0.266 e. The quantitative estimate of drug-likeness (QED) is 0.837. The molecule has 1 N–H and O–H groups in total. The number of aromatic nitrogens is 2. The molecule has 4 atom stereocenters. The maximum absolute atomic E-state index is 13.0. The van der Waals surface area contributed by atoms with Gasteiger partial charge in [0.05, 0.1) is 19.2 Å². The number of carbonyl (C=O) groups is 1. The lowest BCUT2D eigenvalue weighted by Gasteiger charge is -2.40. The Morgan fingerprint density at radius 1 is 1.30 bits per heavy atom. The van der Waals surface area contributed by atoms with Gasteiger partial charge in [0.2, 0.25) is 11.8 Å². The van der Waals surface area contributed by atoms with E-state index in [1.165, 1.54) is 25.7 Å². The van der Waals surface area contributed by atoms with E-state index < -0.39 is 5.60 Å². The van der Waals surface area contributed by atoms with Crippen LogP contribution in [-0.4, -0.2) is 70.5 Å². The molecular weight excluding hydrogens is 348 g/mol. The standard InChI is InChI=1S/C19H28N4O4/c1-12-20-18(21-27-12)23-7-15-14(9-24)16-8-22(10-19(15,11-23)26-16)17(25)6-13-4-2-3-5-13/h13-16,24H,2-11H2,1H3/t14-,15+,16+,19+/m0/s1. The molecule has 8 nitrogen and oxygen atoms in total. The minimum absolute atomic E-state index is 0.0484. The highest BCUT2D eigenvalue weighted by Gasteiger charge is 2.63. The summed E-state index contributed by atoms with van der Waals surface area (Å²) in [6, 6.07) is 0. The number of hydrogen-bond acceptors (Lipinski definition) is 7. The molecule has 5 rings (SSSR count). The highest BCUT2D eigenvalue weighted by molar-refractivity contribution is 5.77. The Labute approximate surface area is 158 Å². The molecule has 3 aliphatic heterocycles. The third-order valence-corrected chi connectivity index (χ3v) is 7.09. The van der Waals surface area contributed by atoms with Crippen molar-refractivity contribution < 1.29 is 19.2 Å². The van der Waals surface area contributed by atoms with Gasteiger partial charge >= 0.3 is 0 Å². The van der Waals surface area contributed by atoms with Crippen LogP contribution in [-0.2, 0) is 9.53 Å². The van der Waals surface area contributed by atoms with Gasteiger partial charge in [-0.2, -0.15) is 4.98 Å². The lowest BCUT2D eigenvalue weighted by molar-refractivity contribution is -0.152. The predicted octanol–water partition coefficient (Wildman–Crippen LogP) is 0.983. The monoisotopic (exact) mass is 376 g/mol. The number of amides is 1. The van der Waals surface area contributed by atoms with Gasteiger partial charge in [0, 0.05) is 44.9 Å². The lowest BCUT2D eigenvalue weighted by Crippen LogP contribution is -2.56. The molecule has 1 saturated carbocycles. The van der Waals surface area contributed by atoms with E-state index in [4.69, 9.17) is 9.26 Å². The molecule has 4 heterocycles. The molecular formula is C19H28N4O4. The number of fused-ring (bicyclic) bond motifs is 1. The molecule has 1 amide bonds. The van der Waals surface area contributed by atoms with E-state index in [0.29, 0.717) is 43.8 Å². The van der Waals surface area contributed by atoms with Crippen molar-refractivity contribution in [1.82, 2.24) is 15.0 Å². The average molecular weight is 376 g/mol. The van der Waals surface area contributed by atoms with Crippen molar-refractivity contribution in [2.45, 2.75) is 50.7 Å². The number of rotatable bonds is 4. The molecule has 0 radical (unpaired) electrons. The average Bonchev–Trinajstić information content (AvgIpc) is 3.39. The van der Waals surface area contributed by atoms with Crippen LogP contribution < -0.4 is 4.90 Å². The zero-order valence-electron chi connectivity index (χ0n) is 15.8. The van der Waals surface area contributed by atoms with Crippen LogP contribution >= 0.6 is 0 Å². The fourth-order valence-electron chi connectivity index (χ4n) is 5.78. The third-order valence-electron chi connectivity index (χ3n) is 7.09. The third kappa shape index (κ3) is 2.84. The van der Waals surface area contributed by atoms with Crippen LogP contribution in [0.15, 0.2) is 4.52 Å². The van der Waals surface area contributed by atoms with Gasteiger partial charge in [-0.25, -0.2) is 0 Å². The van der Waals surface area contributed by atoms with E-state index in [0.717, 1.165) is 6.54 Å². The van der Waals surface area contributed by atoms with Crippen LogP contribution in [0, 0.1) is 24.7 Å². The van der Waals surface area contributed by atoms with E-state index in [1.54, 1.807) is 6.92 Å². The molecule has 27 heavy (non-hydrogen) atoms. The summed E-state index contributed by atoms with van der Waals surface area (Å²) in [4.78, 5) is 21.4. The van der Waals surface area contributed by atoms with Crippen LogP contribution in [0.5, 0.6) is 0 Å². The molecule has 4 fully saturated rings. The first kappa shape index (κ1) is 17.4. The van der Waals surface area contributed by atoms with Gasteiger partial charge in [0.15, 0.2) is 0 Å². The van der Waals surface area contributed by atoms with Gasteiger partial charge in [0.25, 0.3) is 5.95 Å². The van der Waals surface area contributed by atoms with Crippen LogP contribution in [0.2, 0.25) is 0 Å². The molecule has 1 aliphatic carbocycles. The summed E-state index contributed by atoms with van der Waals surface area (Å²) < 4.78 is 11.6. The van der Waals surface area contributed by atoms with E-state index in [-0.39, 0.29) is 30.5 Å². The number of hydrogen-bond donors (Lipinski definition) is 1.